The van der Waals surface area contributed by atoms with Crippen molar-refractivity contribution in [2.45, 2.75) is 47.5 Å². The standard InChI is InChI=1S/C15H24O/c1-11(2)6-8-13(10-16)14-9-7-12(3)15(14,4)5/h6-7,10,13-14H,8-9H2,1-5H3. The van der Waals surface area contributed by atoms with Gasteiger partial charge in [-0.1, -0.05) is 37.1 Å². The number of aldehydes is 1. The summed E-state index contributed by atoms with van der Waals surface area (Å²) in [6.45, 7) is 10.9. The van der Waals surface area contributed by atoms with Gasteiger partial charge in [-0.25, -0.2) is 0 Å². The Labute approximate surface area is 99.6 Å². The first-order chi connectivity index (χ1) is 7.39. The van der Waals surface area contributed by atoms with E-state index in [1.165, 1.54) is 11.1 Å². The molecule has 0 heterocycles. The molecule has 0 aromatic heterocycles. The number of hydrogen-bond acceptors (Lipinski definition) is 1. The van der Waals surface area contributed by atoms with Crippen LogP contribution >= 0.6 is 0 Å². The summed E-state index contributed by atoms with van der Waals surface area (Å²) in [4.78, 5) is 11.2. The monoisotopic (exact) mass is 220 g/mol. The van der Waals surface area contributed by atoms with Gasteiger partial charge in [-0.05, 0) is 44.9 Å². The van der Waals surface area contributed by atoms with Gasteiger partial charge < -0.3 is 4.79 Å². The third-order valence-corrected chi connectivity index (χ3v) is 4.11. The molecular weight excluding hydrogens is 196 g/mol. The first-order valence-electron chi connectivity index (χ1n) is 6.15. The molecular formula is C15H24O. The quantitative estimate of drug-likeness (QED) is 0.514. The number of hydrogen-bond donors (Lipinski definition) is 0. The molecule has 2 atom stereocenters. The van der Waals surface area contributed by atoms with E-state index in [0.717, 1.165) is 19.1 Å². The second-order valence-electron chi connectivity index (χ2n) is 5.77. The fourth-order valence-electron chi connectivity index (χ4n) is 2.55. The van der Waals surface area contributed by atoms with Crippen molar-refractivity contribution in [3.05, 3.63) is 23.3 Å². The molecule has 1 rings (SSSR count). The summed E-state index contributed by atoms with van der Waals surface area (Å²) in [5.41, 5.74) is 2.91. The summed E-state index contributed by atoms with van der Waals surface area (Å²) in [5, 5.41) is 0. The van der Waals surface area contributed by atoms with Crippen molar-refractivity contribution in [3.8, 4) is 0 Å². The van der Waals surface area contributed by atoms with Crippen LogP contribution in [0.1, 0.15) is 47.5 Å². The second-order valence-corrected chi connectivity index (χ2v) is 5.77. The van der Waals surface area contributed by atoms with Crippen LogP contribution in [0.25, 0.3) is 0 Å². The van der Waals surface area contributed by atoms with Gasteiger partial charge in [0.05, 0.1) is 0 Å². The molecule has 0 aromatic rings. The van der Waals surface area contributed by atoms with Crippen LogP contribution in [0.2, 0.25) is 0 Å². The maximum Gasteiger partial charge on any atom is 0.123 e. The highest BCUT2D eigenvalue weighted by Gasteiger charge is 2.39. The van der Waals surface area contributed by atoms with Crippen molar-refractivity contribution in [1.29, 1.82) is 0 Å². The molecule has 2 unspecified atom stereocenters. The Morgan fingerprint density at radius 3 is 2.56 bits per heavy atom. The van der Waals surface area contributed by atoms with Gasteiger partial charge in [0.2, 0.25) is 0 Å². The summed E-state index contributed by atoms with van der Waals surface area (Å²) >= 11 is 0. The molecule has 1 heteroatoms. The van der Waals surface area contributed by atoms with Gasteiger partial charge in [-0.15, -0.1) is 0 Å². The minimum Gasteiger partial charge on any atom is -0.303 e. The van der Waals surface area contributed by atoms with Crippen LogP contribution in [0, 0.1) is 17.3 Å². The Morgan fingerprint density at radius 1 is 1.56 bits per heavy atom. The summed E-state index contributed by atoms with van der Waals surface area (Å²) in [7, 11) is 0. The minimum atomic E-state index is 0.165. The summed E-state index contributed by atoms with van der Waals surface area (Å²) in [5.74, 6) is 0.638. The molecule has 0 amide bonds. The predicted molar refractivity (Wildman–Crippen MR) is 69.2 cm³/mol. The lowest BCUT2D eigenvalue weighted by atomic mass is 9.71. The van der Waals surface area contributed by atoms with Gasteiger partial charge >= 0.3 is 0 Å². The Kier molecular flexibility index (Phi) is 4.12. The van der Waals surface area contributed by atoms with E-state index >= 15 is 0 Å². The SMILES string of the molecule is CC(C)=CCC(C=O)C1CC=C(C)C1(C)C. The number of allylic oxidation sites excluding steroid dienone is 4. The topological polar surface area (TPSA) is 17.1 Å². The normalized spacial score (nSPS) is 24.8. The van der Waals surface area contributed by atoms with Gasteiger partial charge in [0.1, 0.15) is 6.29 Å². The Bertz CT molecular complexity index is 316. The molecule has 16 heavy (non-hydrogen) atoms. The van der Waals surface area contributed by atoms with Crippen LogP contribution in [0.15, 0.2) is 23.3 Å². The van der Waals surface area contributed by atoms with E-state index in [9.17, 15) is 4.79 Å². The van der Waals surface area contributed by atoms with Crippen LogP contribution in [0.5, 0.6) is 0 Å². The molecule has 90 valence electrons. The highest BCUT2D eigenvalue weighted by molar-refractivity contribution is 5.55. The van der Waals surface area contributed by atoms with Crippen LogP contribution in [-0.2, 0) is 4.79 Å². The Morgan fingerprint density at radius 2 is 2.19 bits per heavy atom. The summed E-state index contributed by atoms with van der Waals surface area (Å²) in [6, 6.07) is 0. The second kappa shape index (κ2) is 4.99. The molecule has 0 spiro atoms. The van der Waals surface area contributed by atoms with Gasteiger partial charge in [-0.2, -0.15) is 0 Å². The third-order valence-electron chi connectivity index (χ3n) is 4.11. The highest BCUT2D eigenvalue weighted by Crippen LogP contribution is 2.47. The number of carbonyl (C=O) groups is 1. The van der Waals surface area contributed by atoms with Gasteiger partial charge in [-0.3, -0.25) is 0 Å². The molecule has 0 saturated carbocycles. The van der Waals surface area contributed by atoms with Crippen LogP contribution < -0.4 is 0 Å². The van der Waals surface area contributed by atoms with E-state index in [1.54, 1.807) is 0 Å². The average Bonchev–Trinajstić information content (AvgIpc) is 2.45. The zero-order chi connectivity index (χ0) is 12.3. The molecule has 1 aliphatic rings. The third kappa shape index (κ3) is 2.63. The number of rotatable bonds is 4. The van der Waals surface area contributed by atoms with Crippen molar-refractivity contribution >= 4 is 6.29 Å². The zero-order valence-electron chi connectivity index (χ0n) is 11.2. The van der Waals surface area contributed by atoms with E-state index in [0.29, 0.717) is 5.92 Å². The lowest BCUT2D eigenvalue weighted by Gasteiger charge is -2.33. The predicted octanol–water partition coefficient (Wildman–Crippen LogP) is 4.15. The smallest absolute Gasteiger partial charge is 0.123 e. The van der Waals surface area contributed by atoms with E-state index in [2.05, 4.69) is 46.8 Å². The first kappa shape index (κ1) is 13.2. The summed E-state index contributed by atoms with van der Waals surface area (Å²) < 4.78 is 0. The van der Waals surface area contributed by atoms with Crippen molar-refractivity contribution in [2.75, 3.05) is 0 Å². The van der Waals surface area contributed by atoms with E-state index < -0.39 is 0 Å². The maximum atomic E-state index is 11.2. The molecule has 0 radical (unpaired) electrons. The van der Waals surface area contributed by atoms with Crippen molar-refractivity contribution < 1.29 is 4.79 Å². The molecule has 0 N–H and O–H groups in total. The largest absolute Gasteiger partial charge is 0.303 e. The first-order valence-corrected chi connectivity index (χ1v) is 6.15. The van der Waals surface area contributed by atoms with Crippen molar-refractivity contribution in [1.82, 2.24) is 0 Å². The molecule has 0 saturated heterocycles. The zero-order valence-corrected chi connectivity index (χ0v) is 11.2. The Balaban J connectivity index is 2.76. The maximum absolute atomic E-state index is 11.2. The van der Waals surface area contributed by atoms with Gasteiger partial charge in [0.25, 0.3) is 0 Å². The van der Waals surface area contributed by atoms with Crippen molar-refractivity contribution in [2.24, 2.45) is 17.3 Å². The van der Waals surface area contributed by atoms with Crippen LogP contribution in [-0.4, -0.2) is 6.29 Å². The van der Waals surface area contributed by atoms with Gasteiger partial charge in [0, 0.05) is 5.92 Å². The fourth-order valence-corrected chi connectivity index (χ4v) is 2.55. The molecule has 0 aromatic carbocycles. The molecule has 1 aliphatic carbocycles. The fraction of sp³-hybridized carbons (Fsp3) is 0.667. The van der Waals surface area contributed by atoms with Crippen LogP contribution in [0.4, 0.5) is 0 Å². The highest BCUT2D eigenvalue weighted by atomic mass is 16.1. The molecule has 1 nitrogen and oxygen atoms in total. The number of carbonyl (C=O) groups excluding carboxylic acids is 1. The van der Waals surface area contributed by atoms with Gasteiger partial charge in [0.15, 0.2) is 0 Å². The lowest BCUT2D eigenvalue weighted by molar-refractivity contribution is -0.113. The minimum absolute atomic E-state index is 0.165. The van der Waals surface area contributed by atoms with Crippen LogP contribution in [0.3, 0.4) is 0 Å². The van der Waals surface area contributed by atoms with E-state index in [-0.39, 0.29) is 11.3 Å². The molecule has 0 bridgehead atoms. The molecule has 0 aliphatic heterocycles. The average molecular weight is 220 g/mol. The summed E-state index contributed by atoms with van der Waals surface area (Å²) in [6.07, 6.45) is 7.57. The van der Waals surface area contributed by atoms with E-state index in [1.807, 2.05) is 0 Å². The van der Waals surface area contributed by atoms with E-state index in [4.69, 9.17) is 0 Å². The van der Waals surface area contributed by atoms with Crippen molar-refractivity contribution in [3.63, 3.8) is 0 Å². The lowest BCUT2D eigenvalue weighted by Crippen LogP contribution is -2.28. The Hall–Kier alpha value is -0.850. The molecule has 0 fully saturated rings.